The van der Waals surface area contributed by atoms with Gasteiger partial charge in [0.1, 0.15) is 11.4 Å². The smallest absolute Gasteiger partial charge is 0.193 e. The maximum Gasteiger partial charge on any atom is 0.193 e. The van der Waals surface area contributed by atoms with Gasteiger partial charge in [-0.05, 0) is 57.2 Å². The van der Waals surface area contributed by atoms with Crippen LogP contribution in [0, 0.1) is 5.92 Å². The van der Waals surface area contributed by atoms with E-state index in [4.69, 9.17) is 9.47 Å². The average molecular weight is 314 g/mol. The van der Waals surface area contributed by atoms with E-state index in [0.29, 0.717) is 5.92 Å². The molecule has 3 fully saturated rings. The minimum Gasteiger partial charge on any atom is -0.465 e. The number of carbonyl (C=O) groups is 1. The van der Waals surface area contributed by atoms with Crippen LogP contribution in [0.5, 0.6) is 5.75 Å². The summed E-state index contributed by atoms with van der Waals surface area (Å²) < 4.78 is 11.9. The van der Waals surface area contributed by atoms with Gasteiger partial charge in [-0.3, -0.25) is 4.79 Å². The van der Waals surface area contributed by atoms with Crippen molar-refractivity contribution < 1.29 is 14.3 Å². The van der Waals surface area contributed by atoms with Gasteiger partial charge < -0.3 is 9.47 Å². The van der Waals surface area contributed by atoms with Gasteiger partial charge in [-0.1, -0.05) is 26.0 Å². The summed E-state index contributed by atoms with van der Waals surface area (Å²) in [4.78, 5) is 12.7. The zero-order chi connectivity index (χ0) is 16.8. The molecular weight excluding hydrogens is 288 g/mol. The first-order chi connectivity index (χ1) is 10.7. The van der Waals surface area contributed by atoms with E-state index in [-0.39, 0.29) is 17.3 Å². The minimum absolute atomic E-state index is 0.0758. The van der Waals surface area contributed by atoms with Gasteiger partial charge in [0.05, 0.1) is 11.9 Å². The quantitative estimate of drug-likeness (QED) is 0.603. The zero-order valence-electron chi connectivity index (χ0n) is 14.7. The molecule has 0 amide bonds. The van der Waals surface area contributed by atoms with Gasteiger partial charge >= 0.3 is 0 Å². The van der Waals surface area contributed by atoms with E-state index in [1.54, 1.807) is 6.26 Å². The molecule has 3 nitrogen and oxygen atoms in total. The lowest BCUT2D eigenvalue weighted by Gasteiger charge is -2.53. The number of Topliss-reactive ketones (excluding diaryl/α,β-unsaturated/α-hetero) is 1. The van der Waals surface area contributed by atoms with Crippen molar-refractivity contribution in [2.45, 2.75) is 64.6 Å². The van der Waals surface area contributed by atoms with Gasteiger partial charge in [-0.2, -0.15) is 0 Å². The summed E-state index contributed by atoms with van der Waals surface area (Å²) in [5.74, 6) is 1.44. The van der Waals surface area contributed by atoms with Crippen LogP contribution in [-0.4, -0.2) is 17.0 Å². The Morgan fingerprint density at radius 3 is 2.43 bits per heavy atom. The van der Waals surface area contributed by atoms with Gasteiger partial charge in [-0.15, -0.1) is 0 Å². The van der Waals surface area contributed by atoms with E-state index < -0.39 is 5.60 Å². The van der Waals surface area contributed by atoms with Crippen molar-refractivity contribution in [2.75, 3.05) is 0 Å². The predicted octanol–water partition coefficient (Wildman–Crippen LogP) is 4.62. The molecule has 2 bridgehead atoms. The minimum atomic E-state index is -0.699. The molecule has 2 atom stereocenters. The highest BCUT2D eigenvalue weighted by molar-refractivity contribution is 6.03. The van der Waals surface area contributed by atoms with Gasteiger partial charge in [0, 0.05) is 11.5 Å². The summed E-state index contributed by atoms with van der Waals surface area (Å²) in [6, 6.07) is 8.06. The molecule has 0 aromatic heterocycles. The van der Waals surface area contributed by atoms with Crippen LogP contribution in [0.4, 0.5) is 0 Å². The second kappa shape index (κ2) is 5.48. The lowest BCUT2D eigenvalue weighted by atomic mass is 9.65. The van der Waals surface area contributed by atoms with Crippen molar-refractivity contribution in [3.8, 4) is 5.75 Å². The number of hydrogen-bond donors (Lipinski definition) is 0. The molecule has 1 aromatic rings. The molecule has 0 spiro atoms. The molecular formula is C20H26O3. The average Bonchev–Trinajstić information content (AvgIpc) is 2.47. The fourth-order valence-corrected chi connectivity index (χ4v) is 3.82. The molecule has 0 N–H and O–H groups in total. The van der Waals surface area contributed by atoms with Gasteiger partial charge in [0.15, 0.2) is 5.78 Å². The second-order valence-electron chi connectivity index (χ2n) is 7.77. The maximum atomic E-state index is 12.7. The summed E-state index contributed by atoms with van der Waals surface area (Å²) in [5, 5.41) is 0. The number of carbonyl (C=O) groups excluding carboxylic acids is 1. The zero-order valence-corrected chi connectivity index (χ0v) is 14.7. The summed E-state index contributed by atoms with van der Waals surface area (Å²) >= 11 is 0. The van der Waals surface area contributed by atoms with Gasteiger partial charge in [0.25, 0.3) is 0 Å². The SMILES string of the molecule is CC(C)c1ccc(O/C=C2\C(=O)C3(C)CCC2C(C)(C)O3)cc1. The van der Waals surface area contributed by atoms with Crippen LogP contribution in [0.25, 0.3) is 0 Å². The van der Waals surface area contributed by atoms with Crippen molar-refractivity contribution in [2.24, 2.45) is 5.92 Å². The number of fused-ring (bicyclic) bond motifs is 3. The molecule has 4 rings (SSSR count). The number of rotatable bonds is 3. The second-order valence-corrected chi connectivity index (χ2v) is 7.77. The topological polar surface area (TPSA) is 35.5 Å². The Balaban J connectivity index is 1.83. The molecule has 23 heavy (non-hydrogen) atoms. The van der Waals surface area contributed by atoms with E-state index in [0.717, 1.165) is 24.2 Å². The Morgan fingerprint density at radius 2 is 1.87 bits per heavy atom. The van der Waals surface area contributed by atoms with Crippen molar-refractivity contribution in [1.82, 2.24) is 0 Å². The summed E-state index contributed by atoms with van der Waals surface area (Å²) in [5.41, 5.74) is 1.02. The normalized spacial score (nSPS) is 31.0. The summed E-state index contributed by atoms with van der Waals surface area (Å²) in [7, 11) is 0. The van der Waals surface area contributed by atoms with Crippen molar-refractivity contribution in [1.29, 1.82) is 0 Å². The molecule has 1 saturated carbocycles. The molecule has 3 heteroatoms. The molecule has 2 unspecified atom stereocenters. The molecule has 2 saturated heterocycles. The van der Waals surface area contributed by atoms with E-state index in [1.165, 1.54) is 5.56 Å². The van der Waals surface area contributed by atoms with Crippen molar-refractivity contribution in [3.05, 3.63) is 41.7 Å². The van der Waals surface area contributed by atoms with Crippen LogP contribution >= 0.6 is 0 Å². The Kier molecular flexibility index (Phi) is 3.88. The largest absolute Gasteiger partial charge is 0.465 e. The molecule has 0 radical (unpaired) electrons. The van der Waals surface area contributed by atoms with E-state index in [1.807, 2.05) is 19.1 Å². The third-order valence-electron chi connectivity index (χ3n) is 5.22. The van der Waals surface area contributed by atoms with Crippen molar-refractivity contribution in [3.63, 3.8) is 0 Å². The number of ether oxygens (including phenoxy) is 2. The number of ketones is 1. The maximum absolute atomic E-state index is 12.7. The monoisotopic (exact) mass is 314 g/mol. The molecule has 2 aliphatic heterocycles. The highest BCUT2D eigenvalue weighted by atomic mass is 16.5. The first-order valence-electron chi connectivity index (χ1n) is 8.44. The molecule has 124 valence electrons. The van der Waals surface area contributed by atoms with E-state index in [2.05, 4.69) is 39.8 Å². The third-order valence-corrected chi connectivity index (χ3v) is 5.22. The highest BCUT2D eigenvalue weighted by Crippen LogP contribution is 2.50. The van der Waals surface area contributed by atoms with Crippen molar-refractivity contribution >= 4 is 5.78 Å². The highest BCUT2D eigenvalue weighted by Gasteiger charge is 2.56. The fourth-order valence-electron chi connectivity index (χ4n) is 3.82. The van der Waals surface area contributed by atoms with Gasteiger partial charge in [-0.25, -0.2) is 0 Å². The van der Waals surface area contributed by atoms with Crippen LogP contribution in [0.3, 0.4) is 0 Å². The molecule has 2 heterocycles. The Bertz CT molecular complexity index is 639. The van der Waals surface area contributed by atoms with Crippen LogP contribution < -0.4 is 4.74 Å². The first kappa shape index (κ1) is 16.3. The standard InChI is InChI=1S/C20H26O3/c1-13(2)14-6-8-15(9-7-14)22-12-16-17-10-11-20(5,18(16)21)23-19(17,3)4/h6-9,12-13,17H,10-11H2,1-5H3/b16-12-. The van der Waals surface area contributed by atoms with Crippen LogP contribution in [0.15, 0.2) is 36.1 Å². The summed E-state index contributed by atoms with van der Waals surface area (Å²) in [6.07, 6.45) is 3.41. The fraction of sp³-hybridized carbons (Fsp3) is 0.550. The van der Waals surface area contributed by atoms with Gasteiger partial charge in [0.2, 0.25) is 0 Å². The van der Waals surface area contributed by atoms with Crippen LogP contribution in [-0.2, 0) is 9.53 Å². The third kappa shape index (κ3) is 2.83. The predicted molar refractivity (Wildman–Crippen MR) is 90.5 cm³/mol. The lowest BCUT2D eigenvalue weighted by Crippen LogP contribution is -2.60. The Labute approximate surface area is 138 Å². The van der Waals surface area contributed by atoms with Crippen LogP contribution in [0.1, 0.15) is 58.9 Å². The first-order valence-corrected chi connectivity index (χ1v) is 8.44. The Hall–Kier alpha value is -1.61. The lowest BCUT2D eigenvalue weighted by molar-refractivity contribution is -0.206. The number of benzene rings is 1. The molecule has 1 aromatic carbocycles. The van der Waals surface area contributed by atoms with E-state index in [9.17, 15) is 4.79 Å². The summed E-state index contributed by atoms with van der Waals surface area (Å²) in [6.45, 7) is 10.4. The Morgan fingerprint density at radius 1 is 1.22 bits per heavy atom. The molecule has 1 aliphatic carbocycles. The van der Waals surface area contributed by atoms with E-state index >= 15 is 0 Å². The molecule has 3 aliphatic rings. The van der Waals surface area contributed by atoms with Crippen LogP contribution in [0.2, 0.25) is 0 Å². The number of hydrogen-bond acceptors (Lipinski definition) is 3.